The second-order valence-corrected chi connectivity index (χ2v) is 6.52. The molecule has 1 saturated carbocycles. The number of aromatic nitrogens is 1. The highest BCUT2D eigenvalue weighted by Crippen LogP contribution is 2.23. The van der Waals surface area contributed by atoms with Crippen molar-refractivity contribution in [2.24, 2.45) is 0 Å². The van der Waals surface area contributed by atoms with Gasteiger partial charge < -0.3 is 10.1 Å². The minimum absolute atomic E-state index is 0.130. The van der Waals surface area contributed by atoms with Gasteiger partial charge in [-0.25, -0.2) is 4.98 Å². The summed E-state index contributed by atoms with van der Waals surface area (Å²) in [5.41, 5.74) is 2.44. The van der Waals surface area contributed by atoms with Crippen LogP contribution in [0, 0.1) is 6.92 Å². The molecule has 0 saturated heterocycles. The van der Waals surface area contributed by atoms with Gasteiger partial charge in [-0.2, -0.15) is 0 Å². The van der Waals surface area contributed by atoms with Crippen LogP contribution in [0.15, 0.2) is 12.1 Å². The molecule has 1 N–H and O–H groups in total. The molecular weight excluding hydrogens is 236 g/mol. The van der Waals surface area contributed by atoms with Crippen LogP contribution >= 0.6 is 0 Å². The van der Waals surface area contributed by atoms with Crippen LogP contribution in [0.5, 0.6) is 5.88 Å². The molecule has 1 aromatic rings. The maximum Gasteiger partial charge on any atom is 0.213 e. The number of nitrogens with zero attached hydrogens (tertiary/aromatic N) is 1. The second kappa shape index (κ2) is 5.91. The standard InChI is InChI=1S/C16H26N2O/c1-12-13(11-17-16(2,3)4)9-10-15(18-12)19-14-7-5-6-8-14/h9-10,14,17H,5-8,11H2,1-4H3. The summed E-state index contributed by atoms with van der Waals surface area (Å²) < 4.78 is 5.93. The molecule has 0 aliphatic heterocycles. The fraction of sp³-hybridized carbons (Fsp3) is 0.688. The Hall–Kier alpha value is -1.09. The van der Waals surface area contributed by atoms with Crippen molar-refractivity contribution in [3.8, 4) is 5.88 Å². The Morgan fingerprint density at radius 3 is 2.53 bits per heavy atom. The van der Waals surface area contributed by atoms with E-state index < -0.39 is 0 Å². The van der Waals surface area contributed by atoms with Gasteiger partial charge in [0.25, 0.3) is 0 Å². The Kier molecular flexibility index (Phi) is 4.46. The van der Waals surface area contributed by atoms with E-state index in [4.69, 9.17) is 4.74 Å². The molecule has 0 bridgehead atoms. The highest BCUT2D eigenvalue weighted by molar-refractivity contribution is 5.25. The van der Waals surface area contributed by atoms with Crippen molar-refractivity contribution in [3.05, 3.63) is 23.4 Å². The van der Waals surface area contributed by atoms with E-state index in [-0.39, 0.29) is 5.54 Å². The molecule has 3 heteroatoms. The van der Waals surface area contributed by atoms with Gasteiger partial charge in [0.2, 0.25) is 5.88 Å². The molecule has 0 unspecified atom stereocenters. The SMILES string of the molecule is Cc1nc(OC2CCCC2)ccc1CNC(C)(C)C. The van der Waals surface area contributed by atoms with Crippen molar-refractivity contribution in [3.63, 3.8) is 0 Å². The maximum absolute atomic E-state index is 5.93. The first-order valence-electron chi connectivity index (χ1n) is 7.32. The average Bonchev–Trinajstić information content (AvgIpc) is 2.79. The lowest BCUT2D eigenvalue weighted by molar-refractivity contribution is 0.201. The van der Waals surface area contributed by atoms with Gasteiger partial charge >= 0.3 is 0 Å². The van der Waals surface area contributed by atoms with E-state index in [1.165, 1.54) is 31.2 Å². The number of hydrogen-bond donors (Lipinski definition) is 1. The molecule has 0 spiro atoms. The van der Waals surface area contributed by atoms with Crippen molar-refractivity contribution < 1.29 is 4.74 Å². The van der Waals surface area contributed by atoms with Gasteiger partial charge in [0.1, 0.15) is 6.10 Å². The predicted molar refractivity (Wildman–Crippen MR) is 78.5 cm³/mol. The number of ether oxygens (including phenoxy) is 1. The highest BCUT2D eigenvalue weighted by atomic mass is 16.5. The third-order valence-corrected chi connectivity index (χ3v) is 3.57. The summed E-state index contributed by atoms with van der Waals surface area (Å²) in [6.07, 6.45) is 5.31. The zero-order chi connectivity index (χ0) is 13.9. The van der Waals surface area contributed by atoms with E-state index in [9.17, 15) is 0 Å². The lowest BCUT2D eigenvalue weighted by Gasteiger charge is -2.21. The molecule has 0 atom stereocenters. The third kappa shape index (κ3) is 4.50. The molecular formula is C16H26N2O. The van der Waals surface area contributed by atoms with E-state index in [1.54, 1.807) is 0 Å². The number of nitrogens with one attached hydrogen (secondary N) is 1. The minimum atomic E-state index is 0.130. The van der Waals surface area contributed by atoms with Crippen LogP contribution in [0.1, 0.15) is 57.7 Å². The van der Waals surface area contributed by atoms with Crippen LogP contribution in [-0.4, -0.2) is 16.6 Å². The van der Waals surface area contributed by atoms with Crippen LogP contribution in [0.3, 0.4) is 0 Å². The largest absolute Gasteiger partial charge is 0.474 e. The monoisotopic (exact) mass is 262 g/mol. The topological polar surface area (TPSA) is 34.1 Å². The normalized spacial score (nSPS) is 16.8. The highest BCUT2D eigenvalue weighted by Gasteiger charge is 2.17. The molecule has 1 fully saturated rings. The van der Waals surface area contributed by atoms with E-state index in [1.807, 2.05) is 6.07 Å². The first-order chi connectivity index (χ1) is 8.94. The predicted octanol–water partition coefficient (Wildman–Crippen LogP) is 3.60. The number of pyridine rings is 1. The van der Waals surface area contributed by atoms with Crippen molar-refractivity contribution >= 4 is 0 Å². The minimum Gasteiger partial charge on any atom is -0.474 e. The molecule has 1 heterocycles. The Balaban J connectivity index is 1.96. The molecule has 106 valence electrons. The van der Waals surface area contributed by atoms with E-state index >= 15 is 0 Å². The number of hydrogen-bond acceptors (Lipinski definition) is 3. The zero-order valence-electron chi connectivity index (χ0n) is 12.6. The quantitative estimate of drug-likeness (QED) is 0.900. The van der Waals surface area contributed by atoms with E-state index in [0.29, 0.717) is 6.10 Å². The van der Waals surface area contributed by atoms with Crippen molar-refractivity contribution in [2.45, 2.75) is 71.6 Å². The van der Waals surface area contributed by atoms with Gasteiger partial charge in [-0.05, 0) is 58.9 Å². The second-order valence-electron chi connectivity index (χ2n) is 6.52. The molecule has 1 aromatic heterocycles. The molecule has 2 rings (SSSR count). The molecule has 0 radical (unpaired) electrons. The Labute approximate surface area is 116 Å². The molecule has 1 aliphatic carbocycles. The zero-order valence-corrected chi connectivity index (χ0v) is 12.6. The van der Waals surface area contributed by atoms with Crippen LogP contribution < -0.4 is 10.1 Å². The smallest absolute Gasteiger partial charge is 0.213 e. The summed E-state index contributed by atoms with van der Waals surface area (Å²) in [5.74, 6) is 0.781. The maximum atomic E-state index is 5.93. The molecule has 19 heavy (non-hydrogen) atoms. The molecule has 0 aromatic carbocycles. The van der Waals surface area contributed by atoms with Gasteiger partial charge in [0.05, 0.1) is 0 Å². The lowest BCUT2D eigenvalue weighted by atomic mass is 10.1. The van der Waals surface area contributed by atoms with Gasteiger partial charge in [0, 0.05) is 23.8 Å². The molecule has 3 nitrogen and oxygen atoms in total. The Bertz CT molecular complexity index is 417. The van der Waals surface area contributed by atoms with Gasteiger partial charge in [-0.3, -0.25) is 0 Å². The lowest BCUT2D eigenvalue weighted by Crippen LogP contribution is -2.35. The van der Waals surface area contributed by atoms with Gasteiger partial charge in [-0.1, -0.05) is 6.07 Å². The first-order valence-corrected chi connectivity index (χ1v) is 7.32. The summed E-state index contributed by atoms with van der Waals surface area (Å²) in [6.45, 7) is 9.43. The van der Waals surface area contributed by atoms with Crippen LogP contribution in [0.4, 0.5) is 0 Å². The number of rotatable bonds is 4. The summed E-state index contributed by atoms with van der Waals surface area (Å²) in [5, 5.41) is 3.49. The first kappa shape index (κ1) is 14.3. The van der Waals surface area contributed by atoms with Crippen molar-refractivity contribution in [2.75, 3.05) is 0 Å². The van der Waals surface area contributed by atoms with Crippen LogP contribution in [0.25, 0.3) is 0 Å². The molecule has 1 aliphatic rings. The van der Waals surface area contributed by atoms with E-state index in [2.05, 4.69) is 44.1 Å². The summed E-state index contributed by atoms with van der Waals surface area (Å²) in [4.78, 5) is 4.58. The third-order valence-electron chi connectivity index (χ3n) is 3.57. The van der Waals surface area contributed by atoms with Gasteiger partial charge in [0.15, 0.2) is 0 Å². The van der Waals surface area contributed by atoms with Crippen LogP contribution in [-0.2, 0) is 6.54 Å². The van der Waals surface area contributed by atoms with Crippen molar-refractivity contribution in [1.29, 1.82) is 0 Å². The van der Waals surface area contributed by atoms with Gasteiger partial charge in [-0.15, -0.1) is 0 Å². The number of aryl methyl sites for hydroxylation is 1. The van der Waals surface area contributed by atoms with Crippen LogP contribution in [0.2, 0.25) is 0 Å². The van der Waals surface area contributed by atoms with Crippen molar-refractivity contribution in [1.82, 2.24) is 10.3 Å². The summed E-state index contributed by atoms with van der Waals surface area (Å²) in [6, 6.07) is 4.14. The Morgan fingerprint density at radius 1 is 1.26 bits per heavy atom. The average molecular weight is 262 g/mol. The molecule has 0 amide bonds. The van der Waals surface area contributed by atoms with E-state index in [0.717, 1.165) is 18.1 Å². The summed E-state index contributed by atoms with van der Waals surface area (Å²) >= 11 is 0. The fourth-order valence-electron chi connectivity index (χ4n) is 2.36. The summed E-state index contributed by atoms with van der Waals surface area (Å²) in [7, 11) is 0. The fourth-order valence-corrected chi connectivity index (χ4v) is 2.36. The Morgan fingerprint density at radius 2 is 1.95 bits per heavy atom.